The van der Waals surface area contributed by atoms with Gasteiger partial charge in [0, 0.05) is 37.5 Å². The van der Waals surface area contributed by atoms with E-state index in [2.05, 4.69) is 36.9 Å². The van der Waals surface area contributed by atoms with Gasteiger partial charge in [0.1, 0.15) is 6.33 Å². The Morgan fingerprint density at radius 2 is 2.12 bits per heavy atom. The highest BCUT2D eigenvalue weighted by Crippen LogP contribution is 2.24. The van der Waals surface area contributed by atoms with Crippen LogP contribution in [0.5, 0.6) is 0 Å². The van der Waals surface area contributed by atoms with Crippen molar-refractivity contribution in [2.24, 2.45) is 0 Å². The number of nitrogens with zero attached hydrogens (tertiary/aromatic N) is 5. The molecule has 7 nitrogen and oxygen atoms in total. The number of carbonyl (C=O) groups excluding carboxylic acids is 1. The van der Waals surface area contributed by atoms with Crippen molar-refractivity contribution in [2.75, 3.05) is 13.1 Å². The van der Waals surface area contributed by atoms with Crippen molar-refractivity contribution in [1.29, 1.82) is 0 Å². The molecule has 1 saturated heterocycles. The second-order valence-corrected chi connectivity index (χ2v) is 5.93. The number of benzene rings is 1. The fraction of sp³-hybridized carbons (Fsp3) is 0.294. The molecule has 0 spiro atoms. The third-order valence-electron chi connectivity index (χ3n) is 4.43. The van der Waals surface area contributed by atoms with E-state index < -0.39 is 0 Å². The summed E-state index contributed by atoms with van der Waals surface area (Å²) in [6.45, 7) is 1.50. The minimum absolute atomic E-state index is 0.0540. The van der Waals surface area contributed by atoms with E-state index >= 15 is 0 Å². The fourth-order valence-electron chi connectivity index (χ4n) is 3.14. The van der Waals surface area contributed by atoms with Crippen LogP contribution in [-0.4, -0.2) is 48.6 Å². The second kappa shape index (κ2) is 6.27. The van der Waals surface area contributed by atoms with Crippen LogP contribution in [0, 0.1) is 0 Å². The Morgan fingerprint density at radius 3 is 2.75 bits per heavy atom. The molecule has 0 radical (unpaired) electrons. The molecule has 1 aliphatic rings. The highest BCUT2D eigenvalue weighted by molar-refractivity contribution is 5.78. The van der Waals surface area contributed by atoms with Gasteiger partial charge in [-0.1, -0.05) is 24.3 Å². The molecule has 24 heavy (non-hydrogen) atoms. The zero-order valence-corrected chi connectivity index (χ0v) is 13.2. The maximum atomic E-state index is 12.0. The number of aromatic nitrogens is 5. The van der Waals surface area contributed by atoms with Crippen LogP contribution in [0.4, 0.5) is 0 Å². The average Bonchev–Trinajstić information content (AvgIpc) is 3.36. The Labute approximate surface area is 139 Å². The Bertz CT molecular complexity index is 794. The molecule has 1 aromatic carbocycles. The van der Waals surface area contributed by atoms with Crippen molar-refractivity contribution in [2.45, 2.75) is 18.9 Å². The van der Waals surface area contributed by atoms with Gasteiger partial charge in [-0.25, -0.2) is 9.97 Å². The topological polar surface area (TPSA) is 79.7 Å². The molecule has 1 fully saturated rings. The van der Waals surface area contributed by atoms with E-state index in [4.69, 9.17) is 0 Å². The van der Waals surface area contributed by atoms with Gasteiger partial charge in [0.2, 0.25) is 5.91 Å². The molecule has 2 aromatic heterocycles. The van der Waals surface area contributed by atoms with Crippen molar-refractivity contribution in [1.82, 2.24) is 29.6 Å². The number of nitrogens with one attached hydrogen (secondary N) is 1. The number of hydrogen-bond donors (Lipinski definition) is 1. The monoisotopic (exact) mass is 322 g/mol. The van der Waals surface area contributed by atoms with Gasteiger partial charge in [-0.3, -0.25) is 9.89 Å². The van der Waals surface area contributed by atoms with Crippen molar-refractivity contribution >= 4 is 5.91 Å². The predicted octanol–water partition coefficient (Wildman–Crippen LogP) is 1.88. The average molecular weight is 322 g/mol. The molecule has 4 rings (SSSR count). The first kappa shape index (κ1) is 14.6. The molecule has 1 unspecified atom stereocenters. The van der Waals surface area contributed by atoms with Crippen LogP contribution in [0.1, 0.15) is 24.4 Å². The summed E-state index contributed by atoms with van der Waals surface area (Å²) in [5, 5.41) is 6.75. The lowest BCUT2D eigenvalue weighted by Gasteiger charge is -2.25. The van der Waals surface area contributed by atoms with Gasteiger partial charge in [-0.05, 0) is 12.0 Å². The molecule has 1 N–H and O–H groups in total. The Hall–Kier alpha value is -2.96. The van der Waals surface area contributed by atoms with E-state index in [0.29, 0.717) is 13.0 Å². The number of H-pyrrole nitrogens is 1. The largest absolute Gasteiger partial charge is 0.340 e. The van der Waals surface area contributed by atoms with Crippen LogP contribution in [0.25, 0.3) is 11.4 Å². The number of hydrogen-bond acceptors (Lipinski definition) is 4. The van der Waals surface area contributed by atoms with E-state index in [1.807, 2.05) is 23.2 Å². The highest BCUT2D eigenvalue weighted by Gasteiger charge is 2.25. The third-order valence-corrected chi connectivity index (χ3v) is 4.43. The van der Waals surface area contributed by atoms with Crippen LogP contribution in [-0.2, 0) is 4.79 Å². The maximum Gasteiger partial charge on any atom is 0.222 e. The zero-order valence-electron chi connectivity index (χ0n) is 13.2. The standard InChI is InChI=1S/C17H18N6O/c24-16-2-1-8-22(16)10-15(23-9-7-18-12-23)13-3-5-14(6-4-13)17-19-11-20-21-17/h3-7,9,11-12,15H,1-2,8,10H2,(H,19,20,21). The Kier molecular flexibility index (Phi) is 3.82. The molecule has 3 aromatic rings. The minimum Gasteiger partial charge on any atom is -0.340 e. The van der Waals surface area contributed by atoms with E-state index in [1.54, 1.807) is 12.5 Å². The van der Waals surface area contributed by atoms with E-state index in [0.717, 1.165) is 29.9 Å². The molecule has 3 heterocycles. The molecule has 0 aliphatic carbocycles. The van der Waals surface area contributed by atoms with Gasteiger partial charge in [0.15, 0.2) is 5.82 Å². The van der Waals surface area contributed by atoms with E-state index in [-0.39, 0.29) is 11.9 Å². The lowest BCUT2D eigenvalue weighted by Crippen LogP contribution is -2.32. The van der Waals surface area contributed by atoms with Gasteiger partial charge in [-0.15, -0.1) is 0 Å². The van der Waals surface area contributed by atoms with Gasteiger partial charge in [0.25, 0.3) is 0 Å². The first-order valence-corrected chi connectivity index (χ1v) is 8.02. The number of rotatable bonds is 5. The number of likely N-dealkylation sites (tertiary alicyclic amines) is 1. The summed E-state index contributed by atoms with van der Waals surface area (Å²) in [4.78, 5) is 22.3. The van der Waals surface area contributed by atoms with Gasteiger partial charge < -0.3 is 9.47 Å². The smallest absolute Gasteiger partial charge is 0.222 e. The van der Waals surface area contributed by atoms with Crippen LogP contribution < -0.4 is 0 Å². The van der Waals surface area contributed by atoms with E-state index in [1.165, 1.54) is 6.33 Å². The molecule has 7 heteroatoms. The summed E-state index contributed by atoms with van der Waals surface area (Å²) in [7, 11) is 0. The maximum absolute atomic E-state index is 12.0. The first-order valence-electron chi connectivity index (χ1n) is 8.02. The summed E-state index contributed by atoms with van der Waals surface area (Å²) in [5.74, 6) is 0.980. The van der Waals surface area contributed by atoms with Crippen molar-refractivity contribution in [3.8, 4) is 11.4 Å². The van der Waals surface area contributed by atoms with Crippen molar-refractivity contribution in [3.05, 3.63) is 54.9 Å². The summed E-state index contributed by atoms with van der Waals surface area (Å²) >= 11 is 0. The number of amides is 1. The molecule has 1 atom stereocenters. The molecular weight excluding hydrogens is 304 g/mol. The molecule has 1 amide bonds. The third kappa shape index (κ3) is 2.80. The predicted molar refractivity (Wildman–Crippen MR) is 88.0 cm³/mol. The van der Waals surface area contributed by atoms with E-state index in [9.17, 15) is 4.79 Å². The SMILES string of the molecule is O=C1CCCN1CC(c1ccc(-c2ncn[nH]2)cc1)n1ccnc1. The number of imidazole rings is 1. The van der Waals surface area contributed by atoms with Crippen LogP contribution in [0.15, 0.2) is 49.3 Å². The Balaban J connectivity index is 1.62. The van der Waals surface area contributed by atoms with Gasteiger partial charge in [0.05, 0.1) is 12.4 Å². The minimum atomic E-state index is 0.0540. The molecule has 0 saturated carbocycles. The lowest BCUT2D eigenvalue weighted by molar-refractivity contribution is -0.128. The van der Waals surface area contributed by atoms with Crippen LogP contribution in [0.3, 0.4) is 0 Å². The highest BCUT2D eigenvalue weighted by atomic mass is 16.2. The normalized spacial score (nSPS) is 15.8. The molecular formula is C17H18N6O. The quantitative estimate of drug-likeness (QED) is 0.778. The van der Waals surface area contributed by atoms with Crippen LogP contribution in [0.2, 0.25) is 0 Å². The summed E-state index contributed by atoms with van der Waals surface area (Å²) in [5.41, 5.74) is 2.12. The fourth-order valence-corrected chi connectivity index (χ4v) is 3.14. The molecule has 122 valence electrons. The second-order valence-electron chi connectivity index (χ2n) is 5.93. The Morgan fingerprint density at radius 1 is 1.25 bits per heavy atom. The summed E-state index contributed by atoms with van der Waals surface area (Å²) < 4.78 is 2.05. The first-order chi connectivity index (χ1) is 11.8. The zero-order chi connectivity index (χ0) is 16.4. The lowest BCUT2D eigenvalue weighted by atomic mass is 10.0. The summed E-state index contributed by atoms with van der Waals surface area (Å²) in [6.07, 6.45) is 8.60. The van der Waals surface area contributed by atoms with Crippen LogP contribution >= 0.6 is 0 Å². The molecule has 0 bridgehead atoms. The summed E-state index contributed by atoms with van der Waals surface area (Å²) in [6, 6.07) is 8.24. The van der Waals surface area contributed by atoms with Gasteiger partial charge >= 0.3 is 0 Å². The number of carbonyl (C=O) groups is 1. The van der Waals surface area contributed by atoms with Gasteiger partial charge in [-0.2, -0.15) is 5.10 Å². The van der Waals surface area contributed by atoms with Crippen molar-refractivity contribution < 1.29 is 4.79 Å². The number of aromatic amines is 1. The van der Waals surface area contributed by atoms with Crippen molar-refractivity contribution in [3.63, 3.8) is 0 Å². The molecule has 1 aliphatic heterocycles.